The molecule has 1 rings (SSSR count). The van der Waals surface area contributed by atoms with E-state index >= 15 is 0 Å². The van der Waals surface area contributed by atoms with Crippen molar-refractivity contribution in [2.24, 2.45) is 0 Å². The Labute approximate surface area is 94.2 Å². The standard InChI is InChI=1S/C8H5Cl2IO/c9-4-8(12)5-1-2-7(11)6(10)3-5/h1-3H,4H2. The molecule has 12 heavy (non-hydrogen) atoms. The molecule has 0 atom stereocenters. The van der Waals surface area contributed by atoms with Crippen LogP contribution in [-0.2, 0) is 0 Å². The maximum atomic E-state index is 11.1. The Bertz CT molecular complexity index is 312. The third-order valence-corrected chi connectivity index (χ3v) is 3.18. The second-order valence-corrected chi connectivity index (χ2v) is 4.02. The van der Waals surface area contributed by atoms with E-state index in [0.29, 0.717) is 10.6 Å². The molecular weight excluding hydrogens is 310 g/mol. The lowest BCUT2D eigenvalue weighted by molar-refractivity contribution is 0.102. The Morgan fingerprint density at radius 3 is 2.67 bits per heavy atom. The van der Waals surface area contributed by atoms with Crippen LogP contribution in [0.1, 0.15) is 10.4 Å². The monoisotopic (exact) mass is 314 g/mol. The minimum atomic E-state index is -0.102. The van der Waals surface area contributed by atoms with Gasteiger partial charge in [-0.3, -0.25) is 4.79 Å². The molecule has 1 aromatic rings. The molecule has 64 valence electrons. The molecule has 0 saturated carbocycles. The Morgan fingerprint density at radius 2 is 2.17 bits per heavy atom. The first-order valence-electron chi connectivity index (χ1n) is 3.19. The van der Waals surface area contributed by atoms with E-state index in [2.05, 4.69) is 22.6 Å². The van der Waals surface area contributed by atoms with Gasteiger partial charge in [-0.2, -0.15) is 0 Å². The van der Waals surface area contributed by atoms with E-state index in [0.717, 1.165) is 3.57 Å². The summed E-state index contributed by atoms with van der Waals surface area (Å²) in [6.45, 7) is 0. The van der Waals surface area contributed by atoms with Gasteiger partial charge in [-0.05, 0) is 34.7 Å². The smallest absolute Gasteiger partial charge is 0.177 e. The number of ketones is 1. The SMILES string of the molecule is O=C(CCl)c1ccc(I)c(Cl)c1. The average Bonchev–Trinajstić information content (AvgIpc) is 2.08. The number of hydrogen-bond acceptors (Lipinski definition) is 1. The zero-order valence-corrected chi connectivity index (χ0v) is 9.65. The topological polar surface area (TPSA) is 17.1 Å². The third kappa shape index (κ3) is 2.34. The van der Waals surface area contributed by atoms with Gasteiger partial charge in [-0.1, -0.05) is 17.7 Å². The molecule has 0 radical (unpaired) electrons. The first-order valence-corrected chi connectivity index (χ1v) is 5.18. The van der Waals surface area contributed by atoms with Crippen LogP contribution in [0.5, 0.6) is 0 Å². The van der Waals surface area contributed by atoms with Gasteiger partial charge in [0, 0.05) is 9.13 Å². The van der Waals surface area contributed by atoms with Crippen molar-refractivity contribution < 1.29 is 4.79 Å². The Kier molecular flexibility index (Phi) is 3.80. The summed E-state index contributed by atoms with van der Waals surface area (Å²) in [5.74, 6) is -0.105. The maximum Gasteiger partial charge on any atom is 0.177 e. The fourth-order valence-electron chi connectivity index (χ4n) is 0.747. The summed E-state index contributed by atoms with van der Waals surface area (Å²) in [5, 5.41) is 0.589. The van der Waals surface area contributed by atoms with Crippen LogP contribution in [0, 0.1) is 3.57 Å². The summed E-state index contributed by atoms with van der Waals surface area (Å²) in [6.07, 6.45) is 0. The zero-order chi connectivity index (χ0) is 9.14. The van der Waals surface area contributed by atoms with E-state index in [-0.39, 0.29) is 11.7 Å². The van der Waals surface area contributed by atoms with Crippen molar-refractivity contribution in [3.8, 4) is 0 Å². The predicted molar refractivity (Wildman–Crippen MR) is 59.2 cm³/mol. The third-order valence-electron chi connectivity index (χ3n) is 1.36. The molecule has 4 heteroatoms. The van der Waals surface area contributed by atoms with Crippen LogP contribution >= 0.6 is 45.8 Å². The number of halogens is 3. The van der Waals surface area contributed by atoms with Crippen LogP contribution in [0.4, 0.5) is 0 Å². The van der Waals surface area contributed by atoms with Gasteiger partial charge in [0.2, 0.25) is 0 Å². The van der Waals surface area contributed by atoms with Crippen LogP contribution in [0.15, 0.2) is 18.2 Å². The normalized spacial score (nSPS) is 9.92. The van der Waals surface area contributed by atoms with E-state index in [4.69, 9.17) is 23.2 Å². The second-order valence-electron chi connectivity index (χ2n) is 2.19. The summed E-state index contributed by atoms with van der Waals surface area (Å²) in [7, 11) is 0. The highest BCUT2D eigenvalue weighted by molar-refractivity contribution is 14.1. The minimum absolute atomic E-state index is 0.00305. The van der Waals surface area contributed by atoms with E-state index in [1.807, 2.05) is 0 Å². The van der Waals surface area contributed by atoms with Gasteiger partial charge in [-0.25, -0.2) is 0 Å². The highest BCUT2D eigenvalue weighted by Gasteiger charge is 2.05. The second kappa shape index (κ2) is 4.44. The molecule has 0 spiro atoms. The van der Waals surface area contributed by atoms with Crippen molar-refractivity contribution in [3.63, 3.8) is 0 Å². The largest absolute Gasteiger partial charge is 0.293 e. The lowest BCUT2D eigenvalue weighted by Crippen LogP contribution is -1.99. The first kappa shape index (κ1) is 10.3. The van der Waals surface area contributed by atoms with E-state index in [1.54, 1.807) is 18.2 Å². The molecule has 1 nitrogen and oxygen atoms in total. The molecule has 0 unspecified atom stereocenters. The van der Waals surface area contributed by atoms with Crippen LogP contribution < -0.4 is 0 Å². The fourth-order valence-corrected chi connectivity index (χ4v) is 1.42. The van der Waals surface area contributed by atoms with Crippen molar-refractivity contribution >= 4 is 51.6 Å². The molecule has 0 aliphatic rings. The number of carbonyl (C=O) groups is 1. The van der Waals surface area contributed by atoms with E-state index < -0.39 is 0 Å². The fraction of sp³-hybridized carbons (Fsp3) is 0.125. The number of hydrogen-bond donors (Lipinski definition) is 0. The van der Waals surface area contributed by atoms with Gasteiger partial charge in [-0.15, -0.1) is 11.6 Å². The maximum absolute atomic E-state index is 11.1. The number of rotatable bonds is 2. The first-order chi connectivity index (χ1) is 5.65. The van der Waals surface area contributed by atoms with Gasteiger partial charge in [0.1, 0.15) is 0 Å². The average molecular weight is 315 g/mol. The van der Waals surface area contributed by atoms with Crippen molar-refractivity contribution in [2.45, 2.75) is 0 Å². The van der Waals surface area contributed by atoms with Crippen LogP contribution in [0.2, 0.25) is 5.02 Å². The van der Waals surface area contributed by atoms with Gasteiger partial charge < -0.3 is 0 Å². The molecule has 0 N–H and O–H groups in total. The van der Waals surface area contributed by atoms with Gasteiger partial charge >= 0.3 is 0 Å². The van der Waals surface area contributed by atoms with Gasteiger partial charge in [0.05, 0.1) is 10.9 Å². The number of benzene rings is 1. The summed E-state index contributed by atoms with van der Waals surface area (Å²) in [6, 6.07) is 5.15. The van der Waals surface area contributed by atoms with E-state index in [9.17, 15) is 4.79 Å². The molecule has 0 heterocycles. The molecule has 0 aliphatic carbocycles. The van der Waals surface area contributed by atoms with Crippen molar-refractivity contribution in [1.29, 1.82) is 0 Å². The molecule has 0 amide bonds. The van der Waals surface area contributed by atoms with Crippen molar-refractivity contribution in [2.75, 3.05) is 5.88 Å². The Morgan fingerprint density at radius 1 is 1.50 bits per heavy atom. The molecule has 0 aliphatic heterocycles. The molecule has 0 saturated heterocycles. The van der Waals surface area contributed by atoms with E-state index in [1.165, 1.54) is 0 Å². The lowest BCUT2D eigenvalue weighted by Gasteiger charge is -1.99. The molecule has 0 aromatic heterocycles. The van der Waals surface area contributed by atoms with Gasteiger partial charge in [0.15, 0.2) is 5.78 Å². The van der Waals surface area contributed by atoms with Crippen LogP contribution in [0.25, 0.3) is 0 Å². The summed E-state index contributed by atoms with van der Waals surface area (Å²) < 4.78 is 0.931. The molecule has 0 bridgehead atoms. The predicted octanol–water partition coefficient (Wildman–Crippen LogP) is 3.37. The summed E-state index contributed by atoms with van der Waals surface area (Å²) in [4.78, 5) is 11.1. The molecular formula is C8H5Cl2IO. The summed E-state index contributed by atoms with van der Waals surface area (Å²) >= 11 is 13.3. The molecule has 1 aromatic carbocycles. The highest BCUT2D eigenvalue weighted by Crippen LogP contribution is 2.19. The van der Waals surface area contributed by atoms with Crippen LogP contribution in [0.3, 0.4) is 0 Å². The highest BCUT2D eigenvalue weighted by atomic mass is 127. The number of Topliss-reactive ketones (excluding diaryl/α,β-unsaturated/α-hetero) is 1. The van der Waals surface area contributed by atoms with Crippen molar-refractivity contribution in [3.05, 3.63) is 32.4 Å². The van der Waals surface area contributed by atoms with Crippen molar-refractivity contribution in [1.82, 2.24) is 0 Å². The Balaban J connectivity index is 3.05. The number of alkyl halides is 1. The lowest BCUT2D eigenvalue weighted by atomic mass is 10.1. The summed E-state index contributed by atoms with van der Waals surface area (Å²) in [5.41, 5.74) is 0.565. The Hall–Kier alpha value is 0.200. The number of carbonyl (C=O) groups excluding carboxylic acids is 1. The zero-order valence-electron chi connectivity index (χ0n) is 5.98. The molecule has 0 fully saturated rings. The minimum Gasteiger partial charge on any atom is -0.293 e. The van der Waals surface area contributed by atoms with Gasteiger partial charge in [0.25, 0.3) is 0 Å². The van der Waals surface area contributed by atoms with Crippen LogP contribution in [-0.4, -0.2) is 11.7 Å². The quantitative estimate of drug-likeness (QED) is 0.465.